The maximum Gasteiger partial charge on any atom is 0.198 e. The van der Waals surface area contributed by atoms with Crippen LogP contribution in [0.25, 0.3) is 0 Å². The van der Waals surface area contributed by atoms with Crippen LogP contribution < -0.4 is 15.3 Å². The number of nitrogens with zero attached hydrogens (tertiary/aromatic N) is 1. The highest BCUT2D eigenvalue weighted by Crippen LogP contribution is 2.28. The van der Waals surface area contributed by atoms with E-state index < -0.39 is 0 Å². The van der Waals surface area contributed by atoms with Gasteiger partial charge in [-0.1, -0.05) is 12.1 Å². The minimum absolute atomic E-state index is 0.678. The van der Waals surface area contributed by atoms with Crippen LogP contribution in [0.3, 0.4) is 0 Å². The van der Waals surface area contributed by atoms with Crippen LogP contribution in [0, 0.1) is 0 Å². The van der Waals surface area contributed by atoms with Gasteiger partial charge in [0.25, 0.3) is 0 Å². The summed E-state index contributed by atoms with van der Waals surface area (Å²) in [5.41, 5.74) is 3.25. The molecular weight excluding hydrogens is 118 g/mol. The topological polar surface area (TPSA) is 32.6 Å². The lowest BCUT2D eigenvalue weighted by Gasteiger charge is -1.85. The zero-order valence-corrected chi connectivity index (χ0v) is 4.57. The first kappa shape index (κ1) is 4.64. The van der Waals surface area contributed by atoms with E-state index in [0.717, 1.165) is 0 Å². The van der Waals surface area contributed by atoms with Gasteiger partial charge in [-0.15, -0.1) is 0 Å². The molecule has 0 amide bonds. The third-order valence-electron chi connectivity index (χ3n) is 1.12. The summed E-state index contributed by atoms with van der Waals surface area (Å²) in [6.07, 6.45) is 0. The van der Waals surface area contributed by atoms with Crippen LogP contribution in [0.4, 0.5) is 0 Å². The Kier molecular flexibility index (Phi) is 0.841. The van der Waals surface area contributed by atoms with E-state index in [1.165, 1.54) is 0 Å². The van der Waals surface area contributed by atoms with Crippen molar-refractivity contribution in [1.29, 1.82) is 0 Å². The summed E-state index contributed by atoms with van der Waals surface area (Å²) in [5.74, 6) is 1.36. The fraction of sp³-hybridized carbons (Fsp3) is 0. The van der Waals surface area contributed by atoms with Gasteiger partial charge < -0.3 is 9.68 Å². The summed E-state index contributed by atoms with van der Waals surface area (Å²) >= 11 is 0. The van der Waals surface area contributed by atoms with Crippen molar-refractivity contribution >= 4 is 0 Å². The van der Waals surface area contributed by atoms with Crippen molar-refractivity contribution in [2.75, 3.05) is 0 Å². The third kappa shape index (κ3) is 0.622. The second-order valence-corrected chi connectivity index (χ2v) is 1.70. The van der Waals surface area contributed by atoms with Crippen molar-refractivity contribution in [2.24, 2.45) is 0 Å². The maximum atomic E-state index is 4.70. The molecule has 0 saturated carbocycles. The standard InChI is InChI=1S/C6H4NO2/c1-2-4-6-5(3-1)8-7-9-6/h1-4H. The minimum Gasteiger partial charge on any atom is -0.349 e. The fourth-order valence-corrected chi connectivity index (χ4v) is 0.700. The smallest absolute Gasteiger partial charge is 0.198 e. The van der Waals surface area contributed by atoms with Gasteiger partial charge in [0, 0.05) is 0 Å². The van der Waals surface area contributed by atoms with Gasteiger partial charge in [-0.3, -0.25) is 0 Å². The number of benzene rings is 1. The molecule has 1 aromatic carbocycles. The van der Waals surface area contributed by atoms with Crippen LogP contribution in [0.15, 0.2) is 24.3 Å². The van der Waals surface area contributed by atoms with E-state index in [9.17, 15) is 0 Å². The molecule has 3 nitrogen and oxygen atoms in total. The van der Waals surface area contributed by atoms with Crippen LogP contribution in [-0.4, -0.2) is 0 Å². The second kappa shape index (κ2) is 1.63. The lowest BCUT2D eigenvalue weighted by Crippen LogP contribution is -2.03. The van der Waals surface area contributed by atoms with E-state index in [4.69, 9.17) is 9.68 Å². The number of fused-ring (bicyclic) bond motifs is 1. The van der Waals surface area contributed by atoms with Gasteiger partial charge in [0.05, 0.1) is 0 Å². The van der Waals surface area contributed by atoms with Gasteiger partial charge in [-0.25, -0.2) is 0 Å². The van der Waals surface area contributed by atoms with Gasteiger partial charge in [0.15, 0.2) is 17.1 Å². The first-order chi connectivity index (χ1) is 4.47. The molecule has 1 radical (unpaired) electrons. The monoisotopic (exact) mass is 122 g/mol. The summed E-state index contributed by atoms with van der Waals surface area (Å²) in [6.45, 7) is 0. The molecule has 45 valence electrons. The SMILES string of the molecule is c1ccc2c(c1)O[N]O2. The predicted molar refractivity (Wildman–Crippen MR) is 29.8 cm³/mol. The van der Waals surface area contributed by atoms with E-state index in [2.05, 4.69) is 5.64 Å². The van der Waals surface area contributed by atoms with Crippen molar-refractivity contribution < 1.29 is 9.68 Å². The molecule has 9 heavy (non-hydrogen) atoms. The Hall–Kier alpha value is -1.22. The molecular formula is C6H4NO2. The van der Waals surface area contributed by atoms with Crippen molar-refractivity contribution in [1.82, 2.24) is 5.64 Å². The summed E-state index contributed by atoms with van der Waals surface area (Å²) < 4.78 is 0. The van der Waals surface area contributed by atoms with E-state index in [1.54, 1.807) is 12.1 Å². The first-order valence-corrected chi connectivity index (χ1v) is 2.60. The zero-order valence-electron chi connectivity index (χ0n) is 4.57. The predicted octanol–water partition coefficient (Wildman–Crippen LogP) is 0.892. The molecule has 0 unspecified atom stereocenters. The van der Waals surface area contributed by atoms with Crippen LogP contribution in [0.5, 0.6) is 11.5 Å². The summed E-state index contributed by atoms with van der Waals surface area (Å²) in [4.78, 5) is 9.40. The highest BCUT2D eigenvalue weighted by molar-refractivity contribution is 5.40. The molecule has 0 fully saturated rings. The van der Waals surface area contributed by atoms with E-state index in [-0.39, 0.29) is 0 Å². The van der Waals surface area contributed by atoms with Crippen LogP contribution in [-0.2, 0) is 0 Å². The molecule has 1 aliphatic heterocycles. The van der Waals surface area contributed by atoms with Gasteiger partial charge in [-0.2, -0.15) is 0 Å². The molecule has 1 aliphatic rings. The molecule has 0 bridgehead atoms. The van der Waals surface area contributed by atoms with Crippen molar-refractivity contribution in [2.45, 2.75) is 0 Å². The number of hydrogen-bond donors (Lipinski definition) is 0. The molecule has 0 spiro atoms. The average Bonchev–Trinajstić information content (AvgIpc) is 2.33. The Balaban J connectivity index is 2.54. The molecule has 0 aliphatic carbocycles. The highest BCUT2D eigenvalue weighted by atomic mass is 16.9. The Morgan fingerprint density at radius 1 is 1.00 bits per heavy atom. The molecule has 1 aromatic rings. The molecule has 1 heterocycles. The normalized spacial score (nSPS) is 13.8. The van der Waals surface area contributed by atoms with Gasteiger partial charge in [0.1, 0.15) is 0 Å². The van der Waals surface area contributed by atoms with Gasteiger partial charge in [-0.05, 0) is 12.1 Å². The lowest BCUT2D eigenvalue weighted by molar-refractivity contribution is 0.0145. The second-order valence-electron chi connectivity index (χ2n) is 1.70. The van der Waals surface area contributed by atoms with E-state index in [0.29, 0.717) is 11.5 Å². The first-order valence-electron chi connectivity index (χ1n) is 2.60. The molecule has 2 rings (SSSR count). The van der Waals surface area contributed by atoms with Crippen molar-refractivity contribution in [3.05, 3.63) is 24.3 Å². The van der Waals surface area contributed by atoms with Crippen LogP contribution in [0.2, 0.25) is 0 Å². The van der Waals surface area contributed by atoms with E-state index in [1.807, 2.05) is 12.1 Å². The summed E-state index contributed by atoms with van der Waals surface area (Å²) in [6, 6.07) is 7.32. The molecule has 0 atom stereocenters. The average molecular weight is 122 g/mol. The summed E-state index contributed by atoms with van der Waals surface area (Å²) in [7, 11) is 0. The molecule has 0 N–H and O–H groups in total. The Morgan fingerprint density at radius 2 is 1.56 bits per heavy atom. The Bertz CT molecular complexity index is 201. The Labute approximate surface area is 52.1 Å². The molecule has 3 heteroatoms. The van der Waals surface area contributed by atoms with Gasteiger partial charge >= 0.3 is 0 Å². The maximum absolute atomic E-state index is 4.70. The number of para-hydroxylation sites is 2. The Morgan fingerprint density at radius 3 is 2.11 bits per heavy atom. The molecule has 0 saturated heterocycles. The highest BCUT2D eigenvalue weighted by Gasteiger charge is 2.12. The van der Waals surface area contributed by atoms with Crippen molar-refractivity contribution in [3.63, 3.8) is 0 Å². The zero-order chi connectivity index (χ0) is 6.10. The minimum atomic E-state index is 0.678. The third-order valence-corrected chi connectivity index (χ3v) is 1.12. The fourth-order valence-electron chi connectivity index (χ4n) is 0.700. The van der Waals surface area contributed by atoms with Crippen LogP contribution in [0.1, 0.15) is 0 Å². The number of hydrogen-bond acceptors (Lipinski definition) is 2. The van der Waals surface area contributed by atoms with Crippen molar-refractivity contribution in [3.8, 4) is 11.5 Å². The number of rotatable bonds is 0. The van der Waals surface area contributed by atoms with E-state index >= 15 is 0 Å². The van der Waals surface area contributed by atoms with Gasteiger partial charge in [0.2, 0.25) is 0 Å². The van der Waals surface area contributed by atoms with Crippen LogP contribution >= 0.6 is 0 Å². The lowest BCUT2D eigenvalue weighted by atomic mass is 10.3. The largest absolute Gasteiger partial charge is 0.349 e. The quantitative estimate of drug-likeness (QED) is 0.512. The molecule has 0 aromatic heterocycles. The summed E-state index contributed by atoms with van der Waals surface area (Å²) in [5, 5.41) is 0.